The molecule has 0 aliphatic carbocycles. The summed E-state index contributed by atoms with van der Waals surface area (Å²) in [6, 6.07) is 16.3. The first kappa shape index (κ1) is 18.9. The highest BCUT2D eigenvalue weighted by Gasteiger charge is 2.19. The van der Waals surface area contributed by atoms with Gasteiger partial charge in [0, 0.05) is 5.56 Å². The first-order valence-electron chi connectivity index (χ1n) is 7.90. The molecule has 0 aromatic heterocycles. The second-order valence-corrected chi connectivity index (χ2v) is 6.38. The normalized spacial score (nSPS) is 11.6. The summed E-state index contributed by atoms with van der Waals surface area (Å²) in [6.07, 6.45) is 2.27. The molecule has 0 spiro atoms. The lowest BCUT2D eigenvalue weighted by atomic mass is 10.1. The molecule has 0 bridgehead atoms. The molecule has 0 fully saturated rings. The van der Waals surface area contributed by atoms with Crippen molar-refractivity contribution in [2.75, 3.05) is 18.6 Å². The SMILES string of the molecule is CSCC[C@H](NC(=O)COc1ccccc1-c1ccccc1)C(=O)O. The largest absolute Gasteiger partial charge is 0.483 e. The molecule has 25 heavy (non-hydrogen) atoms. The van der Waals surface area contributed by atoms with Gasteiger partial charge in [-0.15, -0.1) is 0 Å². The minimum atomic E-state index is -1.04. The van der Waals surface area contributed by atoms with E-state index in [1.54, 1.807) is 6.07 Å². The van der Waals surface area contributed by atoms with E-state index in [0.29, 0.717) is 17.9 Å². The lowest BCUT2D eigenvalue weighted by Gasteiger charge is -2.15. The zero-order chi connectivity index (χ0) is 18.1. The van der Waals surface area contributed by atoms with E-state index in [9.17, 15) is 9.59 Å². The number of thioether (sulfide) groups is 1. The Morgan fingerprint density at radius 3 is 2.48 bits per heavy atom. The van der Waals surface area contributed by atoms with Gasteiger partial charge in [0.2, 0.25) is 0 Å². The lowest BCUT2D eigenvalue weighted by molar-refractivity contribution is -0.142. The summed E-state index contributed by atoms with van der Waals surface area (Å²) < 4.78 is 5.63. The van der Waals surface area contributed by atoms with Crippen LogP contribution in [0, 0.1) is 0 Å². The van der Waals surface area contributed by atoms with Crippen LogP contribution in [-0.4, -0.2) is 41.6 Å². The third-order valence-corrected chi connectivity index (χ3v) is 4.22. The summed E-state index contributed by atoms with van der Waals surface area (Å²) in [5.74, 6) is -0.238. The Labute approximate surface area is 151 Å². The highest BCUT2D eigenvalue weighted by Crippen LogP contribution is 2.29. The first-order chi connectivity index (χ1) is 12.1. The van der Waals surface area contributed by atoms with Crippen LogP contribution in [0.2, 0.25) is 0 Å². The number of benzene rings is 2. The summed E-state index contributed by atoms with van der Waals surface area (Å²) in [7, 11) is 0. The van der Waals surface area contributed by atoms with Crippen LogP contribution in [0.15, 0.2) is 54.6 Å². The van der Waals surface area contributed by atoms with Crippen molar-refractivity contribution in [3.63, 3.8) is 0 Å². The summed E-state index contributed by atoms with van der Waals surface area (Å²) in [5.41, 5.74) is 1.87. The van der Waals surface area contributed by atoms with Gasteiger partial charge in [-0.1, -0.05) is 48.5 Å². The van der Waals surface area contributed by atoms with Gasteiger partial charge in [-0.3, -0.25) is 4.79 Å². The van der Waals surface area contributed by atoms with Crippen molar-refractivity contribution in [3.8, 4) is 16.9 Å². The van der Waals surface area contributed by atoms with E-state index in [1.165, 1.54) is 11.8 Å². The van der Waals surface area contributed by atoms with E-state index in [0.717, 1.165) is 11.1 Å². The molecule has 1 amide bonds. The average molecular weight is 359 g/mol. The molecule has 0 unspecified atom stereocenters. The number of amides is 1. The van der Waals surface area contributed by atoms with Crippen LogP contribution in [0.3, 0.4) is 0 Å². The van der Waals surface area contributed by atoms with E-state index in [-0.39, 0.29) is 6.61 Å². The van der Waals surface area contributed by atoms with Gasteiger partial charge in [-0.2, -0.15) is 11.8 Å². The van der Waals surface area contributed by atoms with Gasteiger partial charge in [0.25, 0.3) is 5.91 Å². The predicted molar refractivity (Wildman–Crippen MR) is 99.9 cm³/mol. The zero-order valence-corrected chi connectivity index (χ0v) is 14.8. The molecule has 2 aromatic carbocycles. The van der Waals surface area contributed by atoms with E-state index < -0.39 is 17.9 Å². The van der Waals surface area contributed by atoms with Gasteiger partial charge in [0.05, 0.1) is 0 Å². The lowest BCUT2D eigenvalue weighted by Crippen LogP contribution is -2.43. The van der Waals surface area contributed by atoms with E-state index in [1.807, 2.05) is 54.8 Å². The molecule has 6 heteroatoms. The Bertz CT molecular complexity index is 706. The number of ether oxygens (including phenoxy) is 1. The van der Waals surface area contributed by atoms with Crippen molar-refractivity contribution < 1.29 is 19.4 Å². The Hall–Kier alpha value is -2.47. The van der Waals surface area contributed by atoms with Crippen molar-refractivity contribution in [3.05, 3.63) is 54.6 Å². The van der Waals surface area contributed by atoms with Crippen LogP contribution in [-0.2, 0) is 9.59 Å². The molecule has 0 aliphatic rings. The number of rotatable bonds is 9. The van der Waals surface area contributed by atoms with Crippen LogP contribution in [0.5, 0.6) is 5.75 Å². The fourth-order valence-corrected chi connectivity index (χ4v) is 2.79. The van der Waals surface area contributed by atoms with Crippen molar-refractivity contribution in [2.24, 2.45) is 0 Å². The Morgan fingerprint density at radius 1 is 1.12 bits per heavy atom. The standard InChI is InChI=1S/C19H21NO4S/c1-25-12-11-16(19(22)23)20-18(21)13-24-17-10-6-5-9-15(17)14-7-3-2-4-8-14/h2-10,16H,11-13H2,1H3,(H,20,21)(H,22,23)/t16-/m0/s1. The van der Waals surface area contributed by atoms with Gasteiger partial charge in [0.1, 0.15) is 11.8 Å². The van der Waals surface area contributed by atoms with Gasteiger partial charge in [-0.05, 0) is 30.1 Å². The summed E-state index contributed by atoms with van der Waals surface area (Å²) >= 11 is 1.54. The van der Waals surface area contributed by atoms with Gasteiger partial charge < -0.3 is 15.2 Å². The van der Waals surface area contributed by atoms with Crippen molar-refractivity contribution >= 4 is 23.6 Å². The minimum Gasteiger partial charge on any atom is -0.483 e. The maximum Gasteiger partial charge on any atom is 0.326 e. The van der Waals surface area contributed by atoms with Crippen LogP contribution in [0.4, 0.5) is 0 Å². The van der Waals surface area contributed by atoms with Crippen molar-refractivity contribution in [1.82, 2.24) is 5.32 Å². The number of carbonyl (C=O) groups excluding carboxylic acids is 1. The van der Waals surface area contributed by atoms with Crippen LogP contribution < -0.4 is 10.1 Å². The molecule has 1 atom stereocenters. The summed E-state index contributed by atoms with van der Waals surface area (Å²) in [5, 5.41) is 11.7. The number of carboxylic acids is 1. The molecule has 0 aliphatic heterocycles. The molecular formula is C19H21NO4S. The molecule has 2 N–H and O–H groups in total. The zero-order valence-electron chi connectivity index (χ0n) is 14.0. The third-order valence-electron chi connectivity index (χ3n) is 3.57. The van der Waals surface area contributed by atoms with Crippen molar-refractivity contribution in [2.45, 2.75) is 12.5 Å². The molecule has 0 heterocycles. The maximum absolute atomic E-state index is 12.0. The molecule has 132 valence electrons. The topological polar surface area (TPSA) is 75.6 Å². The van der Waals surface area contributed by atoms with Gasteiger partial charge >= 0.3 is 5.97 Å². The molecule has 0 radical (unpaired) electrons. The summed E-state index contributed by atoms with van der Waals surface area (Å²) in [4.78, 5) is 23.2. The molecule has 2 aromatic rings. The van der Waals surface area contributed by atoms with Crippen LogP contribution >= 0.6 is 11.8 Å². The predicted octanol–water partition coefficient (Wildman–Crippen LogP) is 3.05. The first-order valence-corrected chi connectivity index (χ1v) is 9.29. The van der Waals surface area contributed by atoms with E-state index in [2.05, 4.69) is 5.32 Å². The average Bonchev–Trinajstić information content (AvgIpc) is 2.64. The summed E-state index contributed by atoms with van der Waals surface area (Å²) in [6.45, 7) is -0.229. The molecule has 2 rings (SSSR count). The minimum absolute atomic E-state index is 0.229. The van der Waals surface area contributed by atoms with Crippen LogP contribution in [0.25, 0.3) is 11.1 Å². The Balaban J connectivity index is 1.99. The van der Waals surface area contributed by atoms with Gasteiger partial charge in [0.15, 0.2) is 6.61 Å². The highest BCUT2D eigenvalue weighted by molar-refractivity contribution is 7.98. The monoisotopic (exact) mass is 359 g/mol. The maximum atomic E-state index is 12.0. The quantitative estimate of drug-likeness (QED) is 0.720. The number of nitrogens with one attached hydrogen (secondary N) is 1. The second kappa shape index (κ2) is 9.74. The molecule has 0 saturated heterocycles. The molecule has 5 nitrogen and oxygen atoms in total. The number of aliphatic carboxylic acids is 1. The Kier molecular flexibility index (Phi) is 7.35. The Morgan fingerprint density at radius 2 is 1.80 bits per heavy atom. The number of carboxylic acid groups (broad SMARTS) is 1. The van der Waals surface area contributed by atoms with Gasteiger partial charge in [-0.25, -0.2) is 4.79 Å². The molecular weight excluding hydrogens is 338 g/mol. The smallest absolute Gasteiger partial charge is 0.326 e. The third kappa shape index (κ3) is 5.83. The number of carbonyl (C=O) groups is 2. The van der Waals surface area contributed by atoms with E-state index in [4.69, 9.17) is 9.84 Å². The number of hydrogen-bond acceptors (Lipinski definition) is 4. The number of hydrogen-bond donors (Lipinski definition) is 2. The number of para-hydroxylation sites is 1. The second-order valence-electron chi connectivity index (χ2n) is 5.39. The fraction of sp³-hybridized carbons (Fsp3) is 0.263. The highest BCUT2D eigenvalue weighted by atomic mass is 32.2. The fourth-order valence-electron chi connectivity index (χ4n) is 2.32. The molecule has 0 saturated carbocycles. The van der Waals surface area contributed by atoms with E-state index >= 15 is 0 Å². The van der Waals surface area contributed by atoms with Crippen molar-refractivity contribution in [1.29, 1.82) is 0 Å². The van der Waals surface area contributed by atoms with Crippen LogP contribution in [0.1, 0.15) is 6.42 Å².